The molecular weight excluding hydrogens is 346 g/mol. The number of aromatic nitrogens is 2. The molecule has 0 spiro atoms. The highest BCUT2D eigenvalue weighted by molar-refractivity contribution is 14.1. The first-order chi connectivity index (χ1) is 7.86. The van der Waals surface area contributed by atoms with Crippen LogP contribution in [0, 0.1) is 3.70 Å². The van der Waals surface area contributed by atoms with Crippen LogP contribution in [0.4, 0.5) is 13.2 Å². The molecule has 0 aromatic carbocycles. The first kappa shape index (κ1) is 13.9. The van der Waals surface area contributed by atoms with E-state index in [2.05, 4.69) is 16.8 Å². The maximum absolute atomic E-state index is 12.4. The number of hydrogen-bond acceptors (Lipinski definition) is 2. The molecule has 17 heavy (non-hydrogen) atoms. The molecule has 0 aliphatic heterocycles. The maximum Gasteiger partial charge on any atom is 0.435 e. The second-order valence-corrected chi connectivity index (χ2v) is 4.20. The van der Waals surface area contributed by atoms with Gasteiger partial charge in [-0.3, -0.25) is 4.99 Å². The Kier molecular flexibility index (Phi) is 4.49. The summed E-state index contributed by atoms with van der Waals surface area (Å²) < 4.78 is 38.9. The molecule has 1 heterocycles. The molecular formula is C10H9F3IN3. The van der Waals surface area contributed by atoms with Gasteiger partial charge in [-0.2, -0.15) is 18.3 Å². The predicted molar refractivity (Wildman–Crippen MR) is 68.6 cm³/mol. The molecule has 3 nitrogen and oxygen atoms in total. The highest BCUT2D eigenvalue weighted by atomic mass is 127. The Morgan fingerprint density at radius 3 is 2.71 bits per heavy atom. The molecule has 0 N–H and O–H groups in total. The van der Waals surface area contributed by atoms with Gasteiger partial charge in [0.05, 0.1) is 0 Å². The molecule has 0 amide bonds. The summed E-state index contributed by atoms with van der Waals surface area (Å²) in [6.45, 7) is 4.90. The standard InChI is InChI=1S/C10H9F3IN3/c1-7(4-3-5-15-2)17-9(14)6-8(16-17)10(11,12)13/h3-6H,2H2,1H3/b5-3-,7-4+. The largest absolute Gasteiger partial charge is 0.435 e. The van der Waals surface area contributed by atoms with Crippen LogP contribution in [0.5, 0.6) is 0 Å². The molecule has 0 fully saturated rings. The summed E-state index contributed by atoms with van der Waals surface area (Å²) in [5.74, 6) is 0. The van der Waals surface area contributed by atoms with Crippen LogP contribution in [-0.2, 0) is 6.18 Å². The first-order valence-corrected chi connectivity index (χ1v) is 5.56. The fraction of sp³-hybridized carbons (Fsp3) is 0.200. The van der Waals surface area contributed by atoms with Crippen molar-refractivity contribution in [3.8, 4) is 0 Å². The van der Waals surface area contributed by atoms with Gasteiger partial charge >= 0.3 is 6.18 Å². The van der Waals surface area contributed by atoms with Gasteiger partial charge in [-0.25, -0.2) is 4.68 Å². The Labute approximate surface area is 110 Å². The first-order valence-electron chi connectivity index (χ1n) is 4.48. The van der Waals surface area contributed by atoms with Crippen LogP contribution in [0.15, 0.2) is 29.4 Å². The smallest absolute Gasteiger partial charge is 0.273 e. The van der Waals surface area contributed by atoms with Gasteiger partial charge in [0.15, 0.2) is 5.69 Å². The van der Waals surface area contributed by atoms with Gasteiger partial charge in [-0.05, 0) is 48.4 Å². The average molecular weight is 355 g/mol. The quantitative estimate of drug-likeness (QED) is 0.463. The molecule has 0 unspecified atom stereocenters. The van der Waals surface area contributed by atoms with E-state index >= 15 is 0 Å². The minimum Gasteiger partial charge on any atom is -0.273 e. The monoisotopic (exact) mass is 355 g/mol. The van der Waals surface area contributed by atoms with Crippen molar-refractivity contribution >= 4 is 35.0 Å². The molecule has 1 aromatic heterocycles. The Morgan fingerprint density at radius 2 is 2.24 bits per heavy atom. The molecule has 1 rings (SSSR count). The minimum absolute atomic E-state index is 0.392. The second kappa shape index (κ2) is 5.48. The van der Waals surface area contributed by atoms with E-state index in [0.717, 1.165) is 6.07 Å². The van der Waals surface area contributed by atoms with Crippen molar-refractivity contribution in [1.82, 2.24) is 9.78 Å². The Morgan fingerprint density at radius 1 is 1.59 bits per heavy atom. The molecule has 0 aliphatic rings. The average Bonchev–Trinajstić information content (AvgIpc) is 2.60. The molecule has 92 valence electrons. The molecule has 1 aromatic rings. The summed E-state index contributed by atoms with van der Waals surface area (Å²) in [7, 11) is 0. The summed E-state index contributed by atoms with van der Waals surface area (Å²) in [5.41, 5.74) is -0.342. The predicted octanol–water partition coefficient (Wildman–Crippen LogP) is 3.58. The topological polar surface area (TPSA) is 30.2 Å². The maximum atomic E-state index is 12.4. The van der Waals surface area contributed by atoms with E-state index < -0.39 is 11.9 Å². The molecule has 0 saturated carbocycles. The second-order valence-electron chi connectivity index (χ2n) is 3.09. The van der Waals surface area contributed by atoms with Gasteiger partial charge in [0, 0.05) is 18.0 Å². The van der Waals surface area contributed by atoms with Crippen molar-refractivity contribution in [3.05, 3.63) is 33.8 Å². The number of halogens is 4. The van der Waals surface area contributed by atoms with Gasteiger partial charge in [0.1, 0.15) is 3.70 Å². The lowest BCUT2D eigenvalue weighted by atomic mass is 10.4. The summed E-state index contributed by atoms with van der Waals surface area (Å²) in [6, 6.07) is 0.993. The Bertz CT molecular complexity index is 472. The van der Waals surface area contributed by atoms with E-state index in [1.807, 2.05) is 0 Å². The zero-order valence-corrected chi connectivity index (χ0v) is 11.0. The summed E-state index contributed by atoms with van der Waals surface area (Å²) in [4.78, 5) is 3.48. The fourth-order valence-electron chi connectivity index (χ4n) is 1.06. The molecule has 0 saturated heterocycles. The third kappa shape index (κ3) is 3.69. The molecule has 0 bridgehead atoms. The lowest BCUT2D eigenvalue weighted by Gasteiger charge is -2.02. The Hall–Kier alpha value is -1.12. The normalized spacial score (nSPS) is 13.4. The minimum atomic E-state index is -4.43. The summed E-state index contributed by atoms with van der Waals surface area (Å²) >= 11 is 1.80. The van der Waals surface area contributed by atoms with Crippen LogP contribution in [0.2, 0.25) is 0 Å². The SMILES string of the molecule is C=N/C=C\C=C(/C)n1nc(C(F)(F)F)cc1I. The van der Waals surface area contributed by atoms with Crippen molar-refractivity contribution in [1.29, 1.82) is 0 Å². The molecule has 7 heteroatoms. The van der Waals surface area contributed by atoms with Crippen molar-refractivity contribution < 1.29 is 13.2 Å². The molecule has 0 atom stereocenters. The van der Waals surface area contributed by atoms with E-state index in [1.54, 1.807) is 41.7 Å². The van der Waals surface area contributed by atoms with Crippen molar-refractivity contribution in [3.63, 3.8) is 0 Å². The fourth-order valence-corrected chi connectivity index (χ4v) is 1.84. The van der Waals surface area contributed by atoms with E-state index in [-0.39, 0.29) is 0 Å². The van der Waals surface area contributed by atoms with Crippen molar-refractivity contribution in [2.75, 3.05) is 0 Å². The zero-order valence-electron chi connectivity index (χ0n) is 8.87. The van der Waals surface area contributed by atoms with Crippen LogP contribution >= 0.6 is 22.6 Å². The number of rotatable bonds is 3. The van der Waals surface area contributed by atoms with Gasteiger partial charge in [-0.15, -0.1) is 0 Å². The Balaban J connectivity index is 3.07. The van der Waals surface area contributed by atoms with Crippen LogP contribution in [0.1, 0.15) is 12.6 Å². The third-order valence-corrected chi connectivity index (χ3v) is 2.59. The zero-order chi connectivity index (χ0) is 13.1. The highest BCUT2D eigenvalue weighted by Gasteiger charge is 2.34. The van der Waals surface area contributed by atoms with Crippen LogP contribution in [-0.4, -0.2) is 16.5 Å². The number of allylic oxidation sites excluding steroid dienone is 3. The van der Waals surface area contributed by atoms with Gasteiger partial charge < -0.3 is 0 Å². The number of hydrogen-bond donors (Lipinski definition) is 0. The van der Waals surface area contributed by atoms with Crippen LogP contribution < -0.4 is 0 Å². The molecule has 0 aliphatic carbocycles. The van der Waals surface area contributed by atoms with Crippen LogP contribution in [0.25, 0.3) is 5.70 Å². The van der Waals surface area contributed by atoms with Gasteiger partial charge in [-0.1, -0.05) is 0 Å². The number of alkyl halides is 3. The highest BCUT2D eigenvalue weighted by Crippen LogP contribution is 2.29. The third-order valence-electron chi connectivity index (χ3n) is 1.82. The van der Waals surface area contributed by atoms with Gasteiger partial charge in [0.25, 0.3) is 0 Å². The summed E-state index contributed by atoms with van der Waals surface area (Å²) in [6.07, 6.45) is 0.186. The summed E-state index contributed by atoms with van der Waals surface area (Å²) in [5, 5.41) is 3.50. The van der Waals surface area contributed by atoms with Crippen molar-refractivity contribution in [2.24, 2.45) is 4.99 Å². The van der Waals surface area contributed by atoms with E-state index in [4.69, 9.17) is 0 Å². The van der Waals surface area contributed by atoms with Crippen molar-refractivity contribution in [2.45, 2.75) is 13.1 Å². The van der Waals surface area contributed by atoms with E-state index in [1.165, 1.54) is 10.9 Å². The lowest BCUT2D eigenvalue weighted by Crippen LogP contribution is -2.07. The van der Waals surface area contributed by atoms with E-state index in [9.17, 15) is 13.2 Å². The van der Waals surface area contributed by atoms with Crippen LogP contribution in [0.3, 0.4) is 0 Å². The van der Waals surface area contributed by atoms with E-state index in [0.29, 0.717) is 9.40 Å². The number of nitrogens with zero attached hydrogens (tertiary/aromatic N) is 3. The lowest BCUT2D eigenvalue weighted by molar-refractivity contribution is -0.141. The van der Waals surface area contributed by atoms with Gasteiger partial charge in [0.2, 0.25) is 0 Å². The molecule has 0 radical (unpaired) electrons. The number of aliphatic imine (C=N–C) groups is 1.